The van der Waals surface area contributed by atoms with Crippen molar-refractivity contribution in [2.24, 2.45) is 5.92 Å². The average molecular weight is 195 g/mol. The van der Waals surface area contributed by atoms with Crippen LogP contribution in [0, 0.1) is 19.8 Å². The van der Waals surface area contributed by atoms with Gasteiger partial charge in [0.05, 0.1) is 0 Å². The zero-order valence-electron chi connectivity index (χ0n) is 8.42. The van der Waals surface area contributed by atoms with E-state index in [1.165, 1.54) is 35.9 Å². The third-order valence-corrected chi connectivity index (χ3v) is 4.11. The largest absolute Gasteiger partial charge is 0.349 e. The highest BCUT2D eigenvalue weighted by Crippen LogP contribution is 2.25. The standard InChI is InChI=1S/C11H17NS/c1-9-3-4-10(2)12(9)7-11-5-6-13-8-11/h3-4,11H,5-8H2,1-2H3. The van der Waals surface area contributed by atoms with E-state index < -0.39 is 0 Å². The highest BCUT2D eigenvalue weighted by molar-refractivity contribution is 7.99. The fourth-order valence-electron chi connectivity index (χ4n) is 1.97. The van der Waals surface area contributed by atoms with E-state index in [2.05, 4.69) is 42.3 Å². The van der Waals surface area contributed by atoms with Crippen molar-refractivity contribution in [3.63, 3.8) is 0 Å². The second kappa shape index (κ2) is 3.79. The van der Waals surface area contributed by atoms with Crippen LogP contribution in [0.1, 0.15) is 17.8 Å². The number of aromatic nitrogens is 1. The molecule has 0 bridgehead atoms. The molecule has 1 saturated heterocycles. The monoisotopic (exact) mass is 195 g/mol. The third-order valence-electron chi connectivity index (χ3n) is 2.88. The van der Waals surface area contributed by atoms with Gasteiger partial charge in [0.25, 0.3) is 0 Å². The van der Waals surface area contributed by atoms with Crippen LogP contribution in [-0.2, 0) is 6.54 Å². The van der Waals surface area contributed by atoms with Crippen molar-refractivity contribution in [3.8, 4) is 0 Å². The van der Waals surface area contributed by atoms with Gasteiger partial charge in [-0.25, -0.2) is 0 Å². The molecule has 2 rings (SSSR count). The van der Waals surface area contributed by atoms with Gasteiger partial charge >= 0.3 is 0 Å². The first-order chi connectivity index (χ1) is 6.27. The fourth-order valence-corrected chi connectivity index (χ4v) is 3.24. The molecule has 13 heavy (non-hydrogen) atoms. The van der Waals surface area contributed by atoms with Crippen LogP contribution in [0.3, 0.4) is 0 Å². The molecule has 2 heterocycles. The zero-order chi connectivity index (χ0) is 9.26. The van der Waals surface area contributed by atoms with Gasteiger partial charge in [0.2, 0.25) is 0 Å². The first-order valence-electron chi connectivity index (χ1n) is 4.98. The predicted molar refractivity (Wildman–Crippen MR) is 59.3 cm³/mol. The number of rotatable bonds is 2. The van der Waals surface area contributed by atoms with E-state index in [0.717, 1.165) is 5.92 Å². The Morgan fingerprint density at radius 2 is 2.08 bits per heavy atom. The molecule has 72 valence electrons. The predicted octanol–water partition coefficient (Wildman–Crippen LogP) is 2.86. The molecule has 1 atom stereocenters. The summed E-state index contributed by atoms with van der Waals surface area (Å²) in [4.78, 5) is 0. The quantitative estimate of drug-likeness (QED) is 0.702. The summed E-state index contributed by atoms with van der Waals surface area (Å²) in [6.45, 7) is 5.64. The summed E-state index contributed by atoms with van der Waals surface area (Å²) in [5.41, 5.74) is 2.82. The van der Waals surface area contributed by atoms with Crippen molar-refractivity contribution in [1.82, 2.24) is 4.57 Å². The Morgan fingerprint density at radius 1 is 1.38 bits per heavy atom. The summed E-state index contributed by atoms with van der Waals surface area (Å²) in [7, 11) is 0. The Kier molecular flexibility index (Phi) is 2.68. The van der Waals surface area contributed by atoms with Crippen LogP contribution in [0.25, 0.3) is 0 Å². The van der Waals surface area contributed by atoms with E-state index in [0.29, 0.717) is 0 Å². The van der Waals surface area contributed by atoms with Gasteiger partial charge < -0.3 is 4.57 Å². The molecular formula is C11H17NS. The Morgan fingerprint density at radius 3 is 2.62 bits per heavy atom. The summed E-state index contributed by atoms with van der Waals surface area (Å²) in [5.74, 6) is 3.64. The number of hydrogen-bond donors (Lipinski definition) is 0. The minimum Gasteiger partial charge on any atom is -0.349 e. The van der Waals surface area contributed by atoms with Gasteiger partial charge in [-0.2, -0.15) is 11.8 Å². The van der Waals surface area contributed by atoms with Crippen molar-refractivity contribution in [2.75, 3.05) is 11.5 Å². The van der Waals surface area contributed by atoms with Crippen molar-refractivity contribution in [1.29, 1.82) is 0 Å². The molecule has 1 aromatic rings. The van der Waals surface area contributed by atoms with Gasteiger partial charge in [0, 0.05) is 17.9 Å². The highest BCUT2D eigenvalue weighted by Gasteiger charge is 2.16. The molecule has 0 aliphatic carbocycles. The van der Waals surface area contributed by atoms with Gasteiger partial charge in [0.15, 0.2) is 0 Å². The lowest BCUT2D eigenvalue weighted by atomic mass is 10.1. The van der Waals surface area contributed by atoms with Crippen LogP contribution < -0.4 is 0 Å². The van der Waals surface area contributed by atoms with Crippen molar-refractivity contribution in [2.45, 2.75) is 26.8 Å². The van der Waals surface area contributed by atoms with Crippen LogP contribution in [0.2, 0.25) is 0 Å². The molecule has 0 radical (unpaired) electrons. The van der Waals surface area contributed by atoms with E-state index in [1.54, 1.807) is 0 Å². The Labute approximate surface area is 84.5 Å². The second-order valence-corrected chi connectivity index (χ2v) is 5.11. The highest BCUT2D eigenvalue weighted by atomic mass is 32.2. The lowest BCUT2D eigenvalue weighted by Gasteiger charge is -2.13. The number of thioether (sulfide) groups is 1. The topological polar surface area (TPSA) is 4.93 Å². The van der Waals surface area contributed by atoms with E-state index in [1.807, 2.05) is 0 Å². The van der Waals surface area contributed by atoms with Crippen molar-refractivity contribution in [3.05, 3.63) is 23.5 Å². The molecule has 0 saturated carbocycles. The molecule has 1 aromatic heterocycles. The van der Waals surface area contributed by atoms with Crippen LogP contribution in [0.5, 0.6) is 0 Å². The fraction of sp³-hybridized carbons (Fsp3) is 0.636. The van der Waals surface area contributed by atoms with Crippen LogP contribution in [0.4, 0.5) is 0 Å². The Hall–Kier alpha value is -0.370. The lowest BCUT2D eigenvalue weighted by molar-refractivity contribution is 0.481. The zero-order valence-corrected chi connectivity index (χ0v) is 9.23. The first-order valence-corrected chi connectivity index (χ1v) is 6.13. The molecule has 1 aliphatic rings. The number of aryl methyl sites for hydroxylation is 2. The van der Waals surface area contributed by atoms with E-state index in [4.69, 9.17) is 0 Å². The van der Waals surface area contributed by atoms with Gasteiger partial charge in [-0.1, -0.05) is 0 Å². The molecule has 0 amide bonds. The molecule has 2 heteroatoms. The lowest BCUT2D eigenvalue weighted by Crippen LogP contribution is -2.12. The normalized spacial score (nSPS) is 22.5. The molecular weight excluding hydrogens is 178 g/mol. The first kappa shape index (κ1) is 9.20. The molecule has 0 spiro atoms. The van der Waals surface area contributed by atoms with Crippen molar-refractivity contribution < 1.29 is 0 Å². The van der Waals surface area contributed by atoms with Gasteiger partial charge in [-0.05, 0) is 49.8 Å². The summed E-state index contributed by atoms with van der Waals surface area (Å²) in [6, 6.07) is 4.44. The van der Waals surface area contributed by atoms with Crippen LogP contribution in [-0.4, -0.2) is 16.1 Å². The van der Waals surface area contributed by atoms with E-state index in [9.17, 15) is 0 Å². The second-order valence-electron chi connectivity index (χ2n) is 3.96. The number of nitrogens with zero attached hydrogens (tertiary/aromatic N) is 1. The molecule has 0 N–H and O–H groups in total. The summed E-state index contributed by atoms with van der Waals surface area (Å²) in [5, 5.41) is 0. The van der Waals surface area contributed by atoms with Gasteiger partial charge in [-0.3, -0.25) is 0 Å². The number of hydrogen-bond acceptors (Lipinski definition) is 1. The average Bonchev–Trinajstić information content (AvgIpc) is 2.70. The SMILES string of the molecule is Cc1ccc(C)n1CC1CCSC1. The molecule has 0 aromatic carbocycles. The van der Waals surface area contributed by atoms with Gasteiger partial charge in [0.1, 0.15) is 0 Å². The van der Waals surface area contributed by atoms with E-state index >= 15 is 0 Å². The van der Waals surface area contributed by atoms with Crippen molar-refractivity contribution >= 4 is 11.8 Å². The minimum atomic E-state index is 0.912. The Balaban J connectivity index is 2.07. The summed E-state index contributed by atoms with van der Waals surface area (Å²) < 4.78 is 2.45. The summed E-state index contributed by atoms with van der Waals surface area (Å²) >= 11 is 2.10. The Bertz CT molecular complexity index is 265. The van der Waals surface area contributed by atoms with Gasteiger partial charge in [-0.15, -0.1) is 0 Å². The molecule has 1 nitrogen and oxygen atoms in total. The molecule has 1 aliphatic heterocycles. The van der Waals surface area contributed by atoms with E-state index in [-0.39, 0.29) is 0 Å². The molecule has 1 fully saturated rings. The smallest absolute Gasteiger partial charge is 0.0261 e. The third kappa shape index (κ3) is 1.93. The maximum absolute atomic E-state index is 2.45. The van der Waals surface area contributed by atoms with Crippen LogP contribution in [0.15, 0.2) is 12.1 Å². The minimum absolute atomic E-state index is 0.912. The van der Waals surface area contributed by atoms with Crippen LogP contribution >= 0.6 is 11.8 Å². The summed E-state index contributed by atoms with van der Waals surface area (Å²) in [6.07, 6.45) is 1.40. The molecule has 1 unspecified atom stereocenters. The maximum atomic E-state index is 2.45. The maximum Gasteiger partial charge on any atom is 0.0261 e.